The van der Waals surface area contributed by atoms with Crippen LogP contribution in [0.5, 0.6) is 5.75 Å². The summed E-state index contributed by atoms with van der Waals surface area (Å²) in [6.07, 6.45) is 1.74. The van der Waals surface area contributed by atoms with Crippen molar-refractivity contribution in [1.82, 2.24) is 4.90 Å². The van der Waals surface area contributed by atoms with Crippen LogP contribution in [0.1, 0.15) is 12.8 Å². The predicted octanol–water partition coefficient (Wildman–Crippen LogP) is 1.90. The number of amides is 1. The zero-order valence-corrected chi connectivity index (χ0v) is 11.8. The highest BCUT2D eigenvalue weighted by Gasteiger charge is 2.33. The van der Waals surface area contributed by atoms with Crippen LogP contribution in [0.25, 0.3) is 0 Å². The van der Waals surface area contributed by atoms with Gasteiger partial charge in [0.2, 0.25) is 0 Å². The lowest BCUT2D eigenvalue weighted by molar-refractivity contribution is -0.145. The third kappa shape index (κ3) is 3.96. The molecule has 0 radical (unpaired) electrons. The van der Waals surface area contributed by atoms with E-state index in [9.17, 15) is 9.59 Å². The van der Waals surface area contributed by atoms with E-state index < -0.39 is 5.97 Å². The van der Waals surface area contributed by atoms with Gasteiger partial charge in [-0.3, -0.25) is 9.59 Å². The van der Waals surface area contributed by atoms with E-state index in [4.69, 9.17) is 9.84 Å². The van der Waals surface area contributed by atoms with Gasteiger partial charge in [0.1, 0.15) is 12.3 Å². The summed E-state index contributed by atoms with van der Waals surface area (Å²) in [5, 5.41) is 8.80. The van der Waals surface area contributed by atoms with E-state index in [1.165, 1.54) is 4.90 Å². The second-order valence-electron chi connectivity index (χ2n) is 4.37. The lowest BCUT2D eigenvalue weighted by Crippen LogP contribution is -2.40. The lowest BCUT2D eigenvalue weighted by Gasteiger charge is -2.20. The van der Waals surface area contributed by atoms with Crippen molar-refractivity contribution in [3.63, 3.8) is 0 Å². The summed E-state index contributed by atoms with van der Waals surface area (Å²) in [6, 6.07) is 7.28. The van der Waals surface area contributed by atoms with E-state index in [0.29, 0.717) is 5.75 Å². The summed E-state index contributed by atoms with van der Waals surface area (Å²) in [7, 11) is 0. The normalized spacial score (nSPS) is 13.9. The number of carbonyl (C=O) groups excluding carboxylic acids is 1. The topological polar surface area (TPSA) is 66.8 Å². The van der Waals surface area contributed by atoms with Crippen molar-refractivity contribution >= 4 is 27.8 Å². The molecular weight excluding hydrogens is 314 g/mol. The van der Waals surface area contributed by atoms with Gasteiger partial charge < -0.3 is 14.7 Å². The maximum Gasteiger partial charge on any atom is 0.323 e. The molecule has 6 heteroatoms. The van der Waals surface area contributed by atoms with Gasteiger partial charge in [0, 0.05) is 6.04 Å². The van der Waals surface area contributed by atoms with Gasteiger partial charge in [0.25, 0.3) is 5.91 Å². The molecule has 1 amide bonds. The monoisotopic (exact) mass is 327 g/mol. The highest BCUT2D eigenvalue weighted by molar-refractivity contribution is 9.10. The Labute approximate surface area is 119 Å². The minimum atomic E-state index is -0.999. The number of nitrogens with zero attached hydrogens (tertiary/aromatic N) is 1. The number of halogens is 1. The number of para-hydroxylation sites is 1. The molecule has 0 unspecified atom stereocenters. The molecule has 1 aromatic carbocycles. The maximum atomic E-state index is 12.0. The standard InChI is InChI=1S/C13H14BrNO4/c14-10-3-1-2-4-11(10)19-8-12(16)15(7-13(17)18)9-5-6-9/h1-4,9H,5-8H2,(H,17,18). The molecule has 102 valence electrons. The van der Waals surface area contributed by atoms with Crippen LogP contribution in [-0.4, -0.2) is 41.1 Å². The molecule has 0 aliphatic heterocycles. The van der Waals surface area contributed by atoms with E-state index in [0.717, 1.165) is 17.3 Å². The Balaban J connectivity index is 1.92. The number of carboxylic acids is 1. The molecule has 1 fully saturated rings. The van der Waals surface area contributed by atoms with Crippen LogP contribution in [0.2, 0.25) is 0 Å². The van der Waals surface area contributed by atoms with Gasteiger partial charge in [-0.15, -0.1) is 0 Å². The number of hydrogen-bond acceptors (Lipinski definition) is 3. The molecule has 19 heavy (non-hydrogen) atoms. The van der Waals surface area contributed by atoms with Gasteiger partial charge in [-0.25, -0.2) is 0 Å². The molecular formula is C13H14BrNO4. The molecule has 1 saturated carbocycles. The molecule has 0 saturated heterocycles. The van der Waals surface area contributed by atoms with Gasteiger partial charge >= 0.3 is 5.97 Å². The Hall–Kier alpha value is -1.56. The number of aliphatic carboxylic acids is 1. The first kappa shape index (κ1) is 13.9. The summed E-state index contributed by atoms with van der Waals surface area (Å²) in [4.78, 5) is 24.1. The third-order valence-corrected chi connectivity index (χ3v) is 3.46. The molecule has 1 aliphatic carbocycles. The van der Waals surface area contributed by atoms with Crippen LogP contribution in [0.4, 0.5) is 0 Å². The number of rotatable bonds is 6. The van der Waals surface area contributed by atoms with Crippen molar-refractivity contribution in [1.29, 1.82) is 0 Å². The number of benzene rings is 1. The van der Waals surface area contributed by atoms with Crippen LogP contribution >= 0.6 is 15.9 Å². The molecule has 1 aromatic rings. The fourth-order valence-corrected chi connectivity index (χ4v) is 2.14. The fraction of sp³-hybridized carbons (Fsp3) is 0.385. The molecule has 1 aliphatic rings. The van der Waals surface area contributed by atoms with E-state index in [-0.39, 0.29) is 25.1 Å². The quantitative estimate of drug-likeness (QED) is 0.866. The first-order valence-electron chi connectivity index (χ1n) is 5.96. The van der Waals surface area contributed by atoms with Crippen molar-refractivity contribution in [2.75, 3.05) is 13.2 Å². The predicted molar refractivity (Wildman–Crippen MR) is 72.0 cm³/mol. The van der Waals surface area contributed by atoms with Crippen molar-refractivity contribution in [2.24, 2.45) is 0 Å². The summed E-state index contributed by atoms with van der Waals surface area (Å²) >= 11 is 3.32. The summed E-state index contributed by atoms with van der Waals surface area (Å²) in [5.41, 5.74) is 0. The average molecular weight is 328 g/mol. The highest BCUT2D eigenvalue weighted by atomic mass is 79.9. The Bertz CT molecular complexity index is 487. The van der Waals surface area contributed by atoms with Crippen LogP contribution in [0, 0.1) is 0 Å². The van der Waals surface area contributed by atoms with E-state index in [1.54, 1.807) is 12.1 Å². The number of carbonyl (C=O) groups is 2. The molecule has 1 N–H and O–H groups in total. The Kier molecular flexibility index (Phi) is 4.42. The SMILES string of the molecule is O=C(O)CN(C(=O)COc1ccccc1Br)C1CC1. The molecule has 0 atom stereocenters. The van der Waals surface area contributed by atoms with Gasteiger partial charge in [-0.2, -0.15) is 0 Å². The number of ether oxygens (including phenoxy) is 1. The van der Waals surface area contributed by atoms with E-state index >= 15 is 0 Å². The molecule has 0 heterocycles. The summed E-state index contributed by atoms with van der Waals surface area (Å²) in [5.74, 6) is -0.719. The van der Waals surface area contributed by atoms with Gasteiger partial charge in [-0.05, 0) is 40.9 Å². The summed E-state index contributed by atoms with van der Waals surface area (Å²) in [6.45, 7) is -0.408. The largest absolute Gasteiger partial charge is 0.483 e. The second kappa shape index (κ2) is 6.06. The number of hydrogen-bond donors (Lipinski definition) is 1. The molecule has 5 nitrogen and oxygen atoms in total. The van der Waals surface area contributed by atoms with Crippen LogP contribution in [0.15, 0.2) is 28.7 Å². The van der Waals surface area contributed by atoms with Crippen molar-refractivity contribution in [3.8, 4) is 5.75 Å². The van der Waals surface area contributed by atoms with Gasteiger partial charge in [0.15, 0.2) is 6.61 Å². The molecule has 0 aromatic heterocycles. The minimum absolute atomic E-state index is 0.0615. The summed E-state index contributed by atoms with van der Waals surface area (Å²) < 4.78 is 6.17. The lowest BCUT2D eigenvalue weighted by atomic mass is 10.3. The first-order chi connectivity index (χ1) is 9.08. The fourth-order valence-electron chi connectivity index (χ4n) is 1.74. The van der Waals surface area contributed by atoms with E-state index in [2.05, 4.69) is 15.9 Å². The van der Waals surface area contributed by atoms with Crippen molar-refractivity contribution < 1.29 is 19.4 Å². The second-order valence-corrected chi connectivity index (χ2v) is 5.22. The maximum absolute atomic E-state index is 12.0. The van der Waals surface area contributed by atoms with Crippen molar-refractivity contribution in [3.05, 3.63) is 28.7 Å². The molecule has 0 spiro atoms. The Morgan fingerprint density at radius 1 is 1.37 bits per heavy atom. The molecule has 2 rings (SSSR count). The zero-order valence-electron chi connectivity index (χ0n) is 10.2. The minimum Gasteiger partial charge on any atom is -0.483 e. The first-order valence-corrected chi connectivity index (χ1v) is 6.76. The van der Waals surface area contributed by atoms with Crippen LogP contribution in [0.3, 0.4) is 0 Å². The van der Waals surface area contributed by atoms with Crippen LogP contribution in [-0.2, 0) is 9.59 Å². The third-order valence-electron chi connectivity index (χ3n) is 2.80. The Morgan fingerprint density at radius 2 is 2.05 bits per heavy atom. The Morgan fingerprint density at radius 3 is 2.63 bits per heavy atom. The van der Waals surface area contributed by atoms with Gasteiger partial charge in [-0.1, -0.05) is 12.1 Å². The smallest absolute Gasteiger partial charge is 0.323 e. The average Bonchev–Trinajstić information content (AvgIpc) is 3.18. The number of carboxylic acid groups (broad SMARTS) is 1. The van der Waals surface area contributed by atoms with Crippen molar-refractivity contribution in [2.45, 2.75) is 18.9 Å². The van der Waals surface area contributed by atoms with Crippen LogP contribution < -0.4 is 4.74 Å². The van der Waals surface area contributed by atoms with E-state index in [1.807, 2.05) is 12.1 Å². The highest BCUT2D eigenvalue weighted by Crippen LogP contribution is 2.27. The van der Waals surface area contributed by atoms with Gasteiger partial charge in [0.05, 0.1) is 4.47 Å². The zero-order chi connectivity index (χ0) is 13.8. The molecule has 0 bridgehead atoms.